The van der Waals surface area contributed by atoms with Crippen LogP contribution in [-0.4, -0.2) is 16.3 Å². The van der Waals surface area contributed by atoms with Crippen LogP contribution in [0.2, 0.25) is 0 Å². The number of fused-ring (bicyclic) bond motifs is 1. The van der Waals surface area contributed by atoms with Crippen LogP contribution in [0, 0.1) is 6.92 Å². The predicted octanol–water partition coefficient (Wildman–Crippen LogP) is 6.24. The third-order valence-electron chi connectivity index (χ3n) is 5.42. The molecule has 152 valence electrons. The Balaban J connectivity index is 1.44. The first kappa shape index (κ1) is 18.9. The number of aromatic nitrogens is 2. The highest BCUT2D eigenvalue weighted by atomic mass is 32.1. The number of nitrogens with one attached hydrogen (secondary N) is 1. The second-order valence-corrected chi connectivity index (χ2v) is 8.64. The monoisotopic (exact) mass is 415 g/mol. The van der Waals surface area contributed by atoms with E-state index in [1.54, 1.807) is 11.3 Å². The van der Waals surface area contributed by atoms with Crippen molar-refractivity contribution < 1.29 is 4.74 Å². The summed E-state index contributed by atoms with van der Waals surface area (Å²) < 4.78 is 8.01. The second kappa shape index (κ2) is 8.36. The summed E-state index contributed by atoms with van der Waals surface area (Å²) in [6.07, 6.45) is 3.44. The summed E-state index contributed by atoms with van der Waals surface area (Å²) in [7, 11) is 0. The lowest BCUT2D eigenvalue weighted by molar-refractivity contribution is 0.306. The Morgan fingerprint density at radius 1 is 1.07 bits per heavy atom. The first-order valence-electron chi connectivity index (χ1n) is 10.5. The Bertz CT molecular complexity index is 1130. The molecule has 2 aromatic carbocycles. The van der Waals surface area contributed by atoms with Crippen LogP contribution >= 0.6 is 11.3 Å². The Morgan fingerprint density at radius 3 is 2.67 bits per heavy atom. The van der Waals surface area contributed by atoms with Crippen LogP contribution in [0.3, 0.4) is 0 Å². The highest BCUT2D eigenvalue weighted by Gasteiger charge is 2.22. The van der Waals surface area contributed by atoms with Gasteiger partial charge in [0.2, 0.25) is 0 Å². The Labute approximate surface area is 181 Å². The molecule has 5 heteroatoms. The predicted molar refractivity (Wildman–Crippen MR) is 124 cm³/mol. The highest BCUT2D eigenvalue weighted by molar-refractivity contribution is 7.13. The van der Waals surface area contributed by atoms with Crippen LogP contribution in [0.15, 0.2) is 66.0 Å². The van der Waals surface area contributed by atoms with Gasteiger partial charge in [-0.15, -0.1) is 11.3 Å². The number of hydrogen-bond acceptors (Lipinski definition) is 4. The van der Waals surface area contributed by atoms with Gasteiger partial charge in [0, 0.05) is 12.1 Å². The van der Waals surface area contributed by atoms with E-state index in [-0.39, 0.29) is 0 Å². The van der Waals surface area contributed by atoms with Crippen molar-refractivity contribution in [2.75, 3.05) is 11.9 Å². The molecule has 0 unspecified atom stereocenters. The lowest BCUT2D eigenvalue weighted by Crippen LogP contribution is -2.07. The van der Waals surface area contributed by atoms with Crippen LogP contribution in [-0.2, 0) is 13.0 Å². The quantitative estimate of drug-likeness (QED) is 0.419. The van der Waals surface area contributed by atoms with Gasteiger partial charge in [0.25, 0.3) is 0 Å². The van der Waals surface area contributed by atoms with Crippen LogP contribution < -0.4 is 10.1 Å². The molecule has 30 heavy (non-hydrogen) atoms. The molecule has 1 aliphatic heterocycles. The van der Waals surface area contributed by atoms with E-state index in [4.69, 9.17) is 9.84 Å². The van der Waals surface area contributed by atoms with Crippen LogP contribution in [0.5, 0.6) is 5.75 Å². The molecule has 2 aromatic heterocycles. The molecule has 0 fully saturated rings. The van der Waals surface area contributed by atoms with E-state index >= 15 is 0 Å². The molecule has 1 N–H and O–H groups in total. The smallest absolute Gasteiger partial charge is 0.133 e. The summed E-state index contributed by atoms with van der Waals surface area (Å²) in [4.78, 5) is 1.24. The van der Waals surface area contributed by atoms with Crippen LogP contribution in [0.4, 0.5) is 5.82 Å². The van der Waals surface area contributed by atoms with E-state index in [2.05, 4.69) is 52.6 Å². The summed E-state index contributed by atoms with van der Waals surface area (Å²) in [5.74, 6) is 1.99. The Morgan fingerprint density at radius 2 is 1.90 bits per heavy atom. The molecule has 0 saturated carbocycles. The van der Waals surface area contributed by atoms with Gasteiger partial charge in [0.15, 0.2) is 0 Å². The number of ether oxygens (including phenoxy) is 1. The zero-order valence-electron chi connectivity index (χ0n) is 17.1. The molecule has 0 radical (unpaired) electrons. The molecule has 1 aliphatic rings. The maximum Gasteiger partial charge on any atom is 0.133 e. The maximum atomic E-state index is 5.95. The van der Waals surface area contributed by atoms with Gasteiger partial charge in [-0.3, -0.25) is 0 Å². The van der Waals surface area contributed by atoms with E-state index in [0.717, 1.165) is 35.9 Å². The van der Waals surface area contributed by atoms with Crippen LogP contribution in [0.1, 0.15) is 29.5 Å². The minimum absolute atomic E-state index is 0.570. The molecular formula is C25H25N3OS. The topological polar surface area (TPSA) is 39.1 Å². The second-order valence-electron chi connectivity index (χ2n) is 7.73. The minimum atomic E-state index is 0.570. The van der Waals surface area contributed by atoms with Crippen molar-refractivity contribution in [2.45, 2.75) is 32.8 Å². The number of aryl methyl sites for hydroxylation is 1. The lowest BCUT2D eigenvalue weighted by atomic mass is 10.1. The van der Waals surface area contributed by atoms with Gasteiger partial charge >= 0.3 is 0 Å². The maximum absolute atomic E-state index is 5.95. The number of benzene rings is 2. The first-order chi connectivity index (χ1) is 14.8. The zero-order valence-corrected chi connectivity index (χ0v) is 17.9. The zero-order chi connectivity index (χ0) is 20.3. The van der Waals surface area contributed by atoms with Crippen molar-refractivity contribution in [3.05, 3.63) is 82.7 Å². The van der Waals surface area contributed by atoms with Gasteiger partial charge in [-0.1, -0.05) is 30.3 Å². The number of nitrogens with zero attached hydrogens (tertiary/aromatic N) is 2. The fraction of sp³-hybridized carbons (Fsp3) is 0.240. The van der Waals surface area contributed by atoms with E-state index in [1.807, 2.05) is 30.3 Å². The Hall–Kier alpha value is -3.05. The van der Waals surface area contributed by atoms with E-state index in [9.17, 15) is 0 Å². The fourth-order valence-electron chi connectivity index (χ4n) is 3.87. The van der Waals surface area contributed by atoms with E-state index in [1.165, 1.54) is 34.4 Å². The van der Waals surface area contributed by atoms with Crippen LogP contribution in [0.25, 0.3) is 16.3 Å². The van der Waals surface area contributed by atoms with Crippen molar-refractivity contribution in [1.29, 1.82) is 0 Å². The highest BCUT2D eigenvalue weighted by Crippen LogP contribution is 2.36. The molecule has 0 aliphatic carbocycles. The molecule has 0 atom stereocenters. The molecule has 5 rings (SSSR count). The molecular weight excluding hydrogens is 390 g/mol. The molecule has 0 amide bonds. The summed E-state index contributed by atoms with van der Waals surface area (Å²) in [6, 6.07) is 20.7. The SMILES string of the molecule is Cc1csc(-c2nn(-c3ccc(OCc4ccccc4)cc3)c3c2CCCCN3)c1. The van der Waals surface area contributed by atoms with Gasteiger partial charge < -0.3 is 10.1 Å². The first-order valence-corrected chi connectivity index (χ1v) is 11.3. The van der Waals surface area contributed by atoms with Crippen molar-refractivity contribution in [3.63, 3.8) is 0 Å². The third-order valence-corrected chi connectivity index (χ3v) is 6.48. The molecule has 4 aromatic rings. The largest absolute Gasteiger partial charge is 0.489 e. The van der Waals surface area contributed by atoms with Crippen molar-refractivity contribution in [1.82, 2.24) is 9.78 Å². The summed E-state index contributed by atoms with van der Waals surface area (Å²) >= 11 is 1.77. The molecule has 0 saturated heterocycles. The van der Waals surface area contributed by atoms with Gasteiger partial charge in [-0.05, 0) is 73.0 Å². The summed E-state index contributed by atoms with van der Waals surface area (Å²) in [5.41, 5.74) is 5.95. The number of thiophene rings is 1. The number of hydrogen-bond donors (Lipinski definition) is 1. The summed E-state index contributed by atoms with van der Waals surface area (Å²) in [5, 5.41) is 10.9. The Kier molecular flexibility index (Phi) is 5.28. The fourth-order valence-corrected chi connectivity index (χ4v) is 4.78. The minimum Gasteiger partial charge on any atom is -0.489 e. The van der Waals surface area contributed by atoms with Gasteiger partial charge in [-0.2, -0.15) is 5.10 Å². The number of anilines is 1. The van der Waals surface area contributed by atoms with E-state index in [0.29, 0.717) is 6.61 Å². The van der Waals surface area contributed by atoms with Crippen molar-refractivity contribution in [2.24, 2.45) is 0 Å². The van der Waals surface area contributed by atoms with E-state index < -0.39 is 0 Å². The molecule has 0 spiro atoms. The van der Waals surface area contributed by atoms with Gasteiger partial charge in [0.1, 0.15) is 23.9 Å². The molecule has 0 bridgehead atoms. The third kappa shape index (κ3) is 3.85. The average molecular weight is 416 g/mol. The van der Waals surface area contributed by atoms with Gasteiger partial charge in [0.05, 0.1) is 10.6 Å². The van der Waals surface area contributed by atoms with Crippen molar-refractivity contribution in [3.8, 4) is 22.0 Å². The molecule has 3 heterocycles. The summed E-state index contributed by atoms with van der Waals surface area (Å²) in [6.45, 7) is 3.70. The average Bonchev–Trinajstić information content (AvgIpc) is 3.28. The number of rotatable bonds is 5. The lowest BCUT2D eigenvalue weighted by Gasteiger charge is -2.11. The molecule has 4 nitrogen and oxygen atoms in total. The normalized spacial score (nSPS) is 13.4. The van der Waals surface area contributed by atoms with Crippen molar-refractivity contribution >= 4 is 17.2 Å². The van der Waals surface area contributed by atoms with Gasteiger partial charge in [-0.25, -0.2) is 4.68 Å². The standard InChI is InChI=1S/C25H25N3OS/c1-18-15-23(30-17-18)24-22-9-5-6-14-26-25(22)28(27-24)20-10-12-21(13-11-20)29-16-19-7-3-2-4-8-19/h2-4,7-8,10-13,15,17,26H,5-6,9,14,16H2,1H3.